The predicted octanol–water partition coefficient (Wildman–Crippen LogP) is 4.88. The molecule has 0 heterocycles. The molecule has 0 fully saturated rings. The molecule has 0 aromatic heterocycles. The summed E-state index contributed by atoms with van der Waals surface area (Å²) in [7, 11) is 0. The molecule has 0 radical (unpaired) electrons. The van der Waals surface area contributed by atoms with E-state index in [1.165, 1.54) is 5.56 Å². The third-order valence-electron chi connectivity index (χ3n) is 6.50. The molecule has 0 aliphatic heterocycles. The third kappa shape index (κ3) is 14.2. The van der Waals surface area contributed by atoms with E-state index in [0.29, 0.717) is 12.8 Å². The summed E-state index contributed by atoms with van der Waals surface area (Å²) in [6.07, 6.45) is 0.951. The van der Waals surface area contributed by atoms with E-state index in [1.807, 2.05) is 62.4 Å². The van der Waals surface area contributed by atoms with Gasteiger partial charge in [0.05, 0.1) is 12.1 Å². The number of carbonyl (C=O) groups excluding carboxylic acids is 3. The van der Waals surface area contributed by atoms with Crippen molar-refractivity contribution in [1.29, 1.82) is 0 Å². The van der Waals surface area contributed by atoms with E-state index in [2.05, 4.69) is 28.1 Å². The highest BCUT2D eigenvalue weighted by Gasteiger charge is 2.29. The fourth-order valence-corrected chi connectivity index (χ4v) is 5.35. The SMILES string of the molecule is CC(C)C[C@H](NC(=O)[C@H](C)NC(=O)[C@H](Cc1ccccc1)NC(=O)OC(C)(C)C)[C@@H](O)CCSCCc1ccccc1. The van der Waals surface area contributed by atoms with Crippen molar-refractivity contribution in [3.63, 3.8) is 0 Å². The fraction of sp³-hybridized carbons (Fsp3) is 0.545. The maximum absolute atomic E-state index is 13.3. The first-order chi connectivity index (χ1) is 19.8. The Morgan fingerprint density at radius 3 is 2.00 bits per heavy atom. The summed E-state index contributed by atoms with van der Waals surface area (Å²) in [6.45, 7) is 10.9. The normalized spacial score (nSPS) is 14.4. The van der Waals surface area contributed by atoms with E-state index >= 15 is 0 Å². The number of amides is 3. The van der Waals surface area contributed by atoms with Gasteiger partial charge in [-0.3, -0.25) is 9.59 Å². The minimum atomic E-state index is -0.942. The van der Waals surface area contributed by atoms with Crippen LogP contribution in [0.3, 0.4) is 0 Å². The molecule has 0 bridgehead atoms. The van der Waals surface area contributed by atoms with Gasteiger partial charge in [-0.2, -0.15) is 11.8 Å². The average molecular weight is 600 g/mol. The van der Waals surface area contributed by atoms with Gasteiger partial charge in [0, 0.05) is 6.42 Å². The van der Waals surface area contributed by atoms with Gasteiger partial charge in [0.1, 0.15) is 17.7 Å². The third-order valence-corrected chi connectivity index (χ3v) is 7.51. The highest BCUT2D eigenvalue weighted by molar-refractivity contribution is 7.99. The van der Waals surface area contributed by atoms with Crippen molar-refractivity contribution in [2.24, 2.45) is 5.92 Å². The first kappa shape index (κ1) is 35.2. The molecule has 0 aliphatic rings. The van der Waals surface area contributed by atoms with Crippen molar-refractivity contribution >= 4 is 29.7 Å². The van der Waals surface area contributed by atoms with Gasteiger partial charge in [-0.25, -0.2) is 4.79 Å². The Bertz CT molecular complexity index is 1090. The van der Waals surface area contributed by atoms with Crippen LogP contribution in [0.25, 0.3) is 0 Å². The number of carbonyl (C=O) groups is 3. The zero-order valence-corrected chi connectivity index (χ0v) is 26.7. The fourth-order valence-electron chi connectivity index (χ4n) is 4.36. The topological polar surface area (TPSA) is 117 Å². The number of alkyl carbamates (subject to hydrolysis) is 1. The second kappa shape index (κ2) is 17.8. The standard InChI is InChI=1S/C33H49N3O5S/c1-23(2)21-27(29(37)18-20-42-19-17-25-13-9-7-10-14-25)35-30(38)24(3)34-31(39)28(22-26-15-11-8-12-16-26)36-32(40)41-33(4,5)6/h7-16,23-24,27-29,37H,17-22H2,1-6H3,(H,34,39)(H,35,38)(H,36,40)/t24-,27-,28-,29-/m0/s1. The first-order valence-corrected chi connectivity index (χ1v) is 15.9. The molecule has 8 nitrogen and oxygen atoms in total. The zero-order valence-electron chi connectivity index (χ0n) is 25.9. The van der Waals surface area contributed by atoms with Crippen molar-refractivity contribution in [3.8, 4) is 0 Å². The highest BCUT2D eigenvalue weighted by Crippen LogP contribution is 2.15. The Kier molecular flexibility index (Phi) is 14.9. The van der Waals surface area contributed by atoms with Crippen LogP contribution in [0.1, 0.15) is 65.5 Å². The van der Waals surface area contributed by atoms with Crippen molar-refractivity contribution in [2.75, 3.05) is 11.5 Å². The summed E-state index contributed by atoms with van der Waals surface area (Å²) in [5, 5.41) is 19.3. The minimum absolute atomic E-state index is 0.233. The lowest BCUT2D eigenvalue weighted by molar-refractivity contribution is -0.130. The number of hydrogen-bond acceptors (Lipinski definition) is 6. The number of ether oxygens (including phenoxy) is 1. The smallest absolute Gasteiger partial charge is 0.408 e. The van der Waals surface area contributed by atoms with Crippen LogP contribution in [-0.4, -0.2) is 64.4 Å². The van der Waals surface area contributed by atoms with Gasteiger partial charge >= 0.3 is 6.09 Å². The number of rotatable bonds is 16. The Morgan fingerprint density at radius 2 is 1.43 bits per heavy atom. The van der Waals surface area contributed by atoms with Crippen LogP contribution >= 0.6 is 11.8 Å². The maximum atomic E-state index is 13.3. The molecule has 4 atom stereocenters. The number of hydrogen-bond donors (Lipinski definition) is 4. The lowest BCUT2D eigenvalue weighted by Crippen LogP contribution is -2.56. The molecule has 0 spiro atoms. The van der Waals surface area contributed by atoms with Gasteiger partial charge < -0.3 is 25.8 Å². The van der Waals surface area contributed by atoms with Gasteiger partial charge in [-0.05, 0) is 75.5 Å². The van der Waals surface area contributed by atoms with E-state index in [4.69, 9.17) is 4.74 Å². The van der Waals surface area contributed by atoms with Crippen molar-refractivity contribution < 1.29 is 24.2 Å². The Labute approximate surface area is 255 Å². The monoisotopic (exact) mass is 599 g/mol. The van der Waals surface area contributed by atoms with Crippen molar-refractivity contribution in [1.82, 2.24) is 16.0 Å². The molecule has 42 heavy (non-hydrogen) atoms. The molecule has 2 aromatic rings. The van der Waals surface area contributed by atoms with E-state index in [0.717, 1.165) is 23.5 Å². The molecular weight excluding hydrogens is 550 g/mol. The largest absolute Gasteiger partial charge is 0.444 e. The van der Waals surface area contributed by atoms with Gasteiger partial charge in [0.15, 0.2) is 0 Å². The Hall–Kier alpha value is -3.04. The number of aliphatic hydroxyl groups excluding tert-OH is 1. The van der Waals surface area contributed by atoms with Crippen molar-refractivity contribution in [2.45, 2.75) is 97.1 Å². The van der Waals surface area contributed by atoms with Crippen LogP contribution in [0.4, 0.5) is 4.79 Å². The summed E-state index contributed by atoms with van der Waals surface area (Å²) in [5.41, 5.74) is 1.42. The average Bonchev–Trinajstić information content (AvgIpc) is 2.91. The van der Waals surface area contributed by atoms with Gasteiger partial charge in [0.2, 0.25) is 11.8 Å². The van der Waals surface area contributed by atoms with Crippen LogP contribution < -0.4 is 16.0 Å². The molecule has 3 amide bonds. The molecule has 0 aliphatic carbocycles. The van der Waals surface area contributed by atoms with Crippen LogP contribution in [0, 0.1) is 5.92 Å². The Morgan fingerprint density at radius 1 is 0.833 bits per heavy atom. The first-order valence-electron chi connectivity index (χ1n) is 14.8. The van der Waals surface area contributed by atoms with Gasteiger partial charge in [-0.15, -0.1) is 0 Å². The summed E-state index contributed by atoms with van der Waals surface area (Å²) < 4.78 is 5.36. The van der Waals surface area contributed by atoms with Crippen LogP contribution in [0.5, 0.6) is 0 Å². The molecule has 2 aromatic carbocycles. The predicted molar refractivity (Wildman–Crippen MR) is 170 cm³/mol. The molecule has 232 valence electrons. The van der Waals surface area contributed by atoms with E-state index in [-0.39, 0.29) is 18.2 Å². The molecular formula is C33H49N3O5S. The number of aryl methyl sites for hydroxylation is 1. The maximum Gasteiger partial charge on any atom is 0.408 e. The van der Waals surface area contributed by atoms with E-state index in [9.17, 15) is 19.5 Å². The summed E-state index contributed by atoms with van der Waals surface area (Å²) in [5.74, 6) is 1.11. The number of thioether (sulfide) groups is 1. The van der Waals surface area contributed by atoms with E-state index < -0.39 is 41.8 Å². The summed E-state index contributed by atoms with van der Waals surface area (Å²) >= 11 is 1.78. The molecule has 0 saturated carbocycles. The van der Waals surface area contributed by atoms with Crippen LogP contribution in [0.2, 0.25) is 0 Å². The van der Waals surface area contributed by atoms with Gasteiger partial charge in [0.25, 0.3) is 0 Å². The molecule has 0 unspecified atom stereocenters. The van der Waals surface area contributed by atoms with E-state index in [1.54, 1.807) is 39.5 Å². The molecule has 0 saturated heterocycles. The van der Waals surface area contributed by atoms with Gasteiger partial charge in [-0.1, -0.05) is 74.5 Å². The molecule has 2 rings (SSSR count). The number of aliphatic hydroxyl groups is 1. The van der Waals surface area contributed by atoms with Crippen LogP contribution in [0.15, 0.2) is 60.7 Å². The lowest BCUT2D eigenvalue weighted by Gasteiger charge is -2.28. The molecule has 9 heteroatoms. The number of benzene rings is 2. The Balaban J connectivity index is 1.94. The highest BCUT2D eigenvalue weighted by atomic mass is 32.2. The lowest BCUT2D eigenvalue weighted by atomic mass is 9.97. The zero-order chi connectivity index (χ0) is 31.1. The van der Waals surface area contributed by atoms with Crippen LogP contribution in [-0.2, 0) is 27.2 Å². The molecule has 4 N–H and O–H groups in total. The number of nitrogens with one attached hydrogen (secondary N) is 3. The quantitative estimate of drug-likeness (QED) is 0.204. The minimum Gasteiger partial charge on any atom is -0.444 e. The second-order valence-corrected chi connectivity index (χ2v) is 13.3. The summed E-state index contributed by atoms with van der Waals surface area (Å²) in [4.78, 5) is 38.9. The summed E-state index contributed by atoms with van der Waals surface area (Å²) in [6, 6.07) is 17.4. The van der Waals surface area contributed by atoms with Crippen molar-refractivity contribution in [3.05, 3.63) is 71.8 Å². The second-order valence-electron chi connectivity index (χ2n) is 12.1.